The van der Waals surface area contributed by atoms with Crippen LogP contribution in [0.1, 0.15) is 19.8 Å². The third-order valence-electron chi connectivity index (χ3n) is 3.36. The third-order valence-corrected chi connectivity index (χ3v) is 3.36. The van der Waals surface area contributed by atoms with Crippen LogP contribution in [0.5, 0.6) is 5.75 Å². The van der Waals surface area contributed by atoms with Crippen molar-refractivity contribution in [3.05, 3.63) is 24.3 Å². The smallest absolute Gasteiger partial charge is 0.240 e. The predicted octanol–water partition coefficient (Wildman–Crippen LogP) is 2.20. The SMILES string of the molecule is C[C@@H](N)C(=O)Nc1ccc(OCC2CCOCC2)cc1.Cl. The van der Waals surface area contributed by atoms with Crippen molar-refractivity contribution >= 4 is 24.0 Å². The Morgan fingerprint density at radius 3 is 2.57 bits per heavy atom. The Balaban J connectivity index is 0.00000220. The number of carbonyl (C=O) groups is 1. The minimum atomic E-state index is -0.514. The Hall–Kier alpha value is -1.30. The van der Waals surface area contributed by atoms with Crippen LogP contribution in [-0.2, 0) is 9.53 Å². The molecule has 6 heteroatoms. The first-order valence-electron chi connectivity index (χ1n) is 7.02. The number of amides is 1. The van der Waals surface area contributed by atoms with Crippen molar-refractivity contribution in [3.8, 4) is 5.75 Å². The summed E-state index contributed by atoms with van der Waals surface area (Å²) >= 11 is 0. The molecule has 1 aromatic rings. The van der Waals surface area contributed by atoms with Gasteiger partial charge >= 0.3 is 0 Å². The number of anilines is 1. The highest BCUT2D eigenvalue weighted by Crippen LogP contribution is 2.19. The van der Waals surface area contributed by atoms with Crippen LogP contribution in [0.15, 0.2) is 24.3 Å². The lowest BCUT2D eigenvalue weighted by molar-refractivity contribution is -0.117. The molecule has 0 radical (unpaired) electrons. The number of hydrogen-bond acceptors (Lipinski definition) is 4. The first-order chi connectivity index (χ1) is 9.65. The number of ether oxygens (including phenoxy) is 2. The van der Waals surface area contributed by atoms with E-state index >= 15 is 0 Å². The second-order valence-corrected chi connectivity index (χ2v) is 5.17. The van der Waals surface area contributed by atoms with Crippen molar-refractivity contribution < 1.29 is 14.3 Å². The van der Waals surface area contributed by atoms with E-state index in [1.807, 2.05) is 24.3 Å². The Labute approximate surface area is 131 Å². The normalized spacial score (nSPS) is 16.7. The fourth-order valence-electron chi connectivity index (χ4n) is 2.02. The van der Waals surface area contributed by atoms with E-state index in [9.17, 15) is 4.79 Å². The zero-order valence-electron chi connectivity index (χ0n) is 12.2. The summed E-state index contributed by atoms with van der Waals surface area (Å²) in [6, 6.07) is 6.84. The summed E-state index contributed by atoms with van der Waals surface area (Å²) in [4.78, 5) is 11.5. The van der Waals surface area contributed by atoms with Gasteiger partial charge in [-0.05, 0) is 49.9 Å². The van der Waals surface area contributed by atoms with Gasteiger partial charge in [0.15, 0.2) is 0 Å². The maximum absolute atomic E-state index is 11.5. The first kappa shape index (κ1) is 17.8. The first-order valence-corrected chi connectivity index (χ1v) is 7.02. The lowest BCUT2D eigenvalue weighted by Gasteiger charge is -2.22. The van der Waals surface area contributed by atoms with Crippen molar-refractivity contribution in [1.29, 1.82) is 0 Å². The quantitative estimate of drug-likeness (QED) is 0.874. The van der Waals surface area contributed by atoms with E-state index in [4.69, 9.17) is 15.2 Å². The molecule has 118 valence electrons. The van der Waals surface area contributed by atoms with E-state index in [1.54, 1.807) is 6.92 Å². The highest BCUT2D eigenvalue weighted by molar-refractivity contribution is 5.94. The van der Waals surface area contributed by atoms with E-state index in [2.05, 4.69) is 5.32 Å². The number of benzene rings is 1. The fourth-order valence-corrected chi connectivity index (χ4v) is 2.02. The van der Waals surface area contributed by atoms with Gasteiger partial charge in [0.1, 0.15) is 5.75 Å². The molecular formula is C15H23ClN2O3. The van der Waals surface area contributed by atoms with E-state index in [1.165, 1.54) is 0 Å². The number of nitrogens with one attached hydrogen (secondary N) is 1. The lowest BCUT2D eigenvalue weighted by Crippen LogP contribution is -2.32. The van der Waals surface area contributed by atoms with Crippen LogP contribution >= 0.6 is 12.4 Å². The molecule has 5 nitrogen and oxygen atoms in total. The van der Waals surface area contributed by atoms with Gasteiger partial charge in [0, 0.05) is 18.9 Å². The molecular weight excluding hydrogens is 292 g/mol. The lowest BCUT2D eigenvalue weighted by atomic mass is 10.0. The van der Waals surface area contributed by atoms with Gasteiger partial charge in [0.2, 0.25) is 5.91 Å². The summed E-state index contributed by atoms with van der Waals surface area (Å²) in [6.45, 7) is 4.03. The summed E-state index contributed by atoms with van der Waals surface area (Å²) in [6.07, 6.45) is 2.12. The van der Waals surface area contributed by atoms with E-state index in [-0.39, 0.29) is 18.3 Å². The Morgan fingerprint density at radius 1 is 1.38 bits per heavy atom. The van der Waals surface area contributed by atoms with Crippen molar-refractivity contribution in [2.45, 2.75) is 25.8 Å². The molecule has 1 aliphatic rings. The van der Waals surface area contributed by atoms with Gasteiger partial charge < -0.3 is 20.5 Å². The van der Waals surface area contributed by atoms with Gasteiger partial charge in [-0.1, -0.05) is 0 Å². The van der Waals surface area contributed by atoms with Crippen LogP contribution in [0, 0.1) is 5.92 Å². The summed E-state index contributed by atoms with van der Waals surface area (Å²) in [5.41, 5.74) is 6.22. The molecule has 0 bridgehead atoms. The Kier molecular flexibility index (Phi) is 7.50. The van der Waals surface area contributed by atoms with Crippen LogP contribution in [0.4, 0.5) is 5.69 Å². The van der Waals surface area contributed by atoms with Crippen LogP contribution < -0.4 is 15.8 Å². The molecule has 0 spiro atoms. The number of halogens is 1. The number of carbonyl (C=O) groups excluding carboxylic acids is 1. The van der Waals surface area contributed by atoms with Crippen LogP contribution in [0.25, 0.3) is 0 Å². The van der Waals surface area contributed by atoms with Gasteiger partial charge in [-0.2, -0.15) is 0 Å². The number of nitrogens with two attached hydrogens (primary N) is 1. The minimum absolute atomic E-state index is 0. The molecule has 1 atom stereocenters. The minimum Gasteiger partial charge on any atom is -0.493 e. The van der Waals surface area contributed by atoms with Gasteiger partial charge in [0.25, 0.3) is 0 Å². The molecule has 3 N–H and O–H groups in total. The average molecular weight is 315 g/mol. The van der Waals surface area contributed by atoms with Crippen LogP contribution in [0.2, 0.25) is 0 Å². The standard InChI is InChI=1S/C15H22N2O3.ClH/c1-11(16)15(18)17-13-2-4-14(5-3-13)20-10-12-6-8-19-9-7-12;/h2-5,11-12H,6-10,16H2,1H3,(H,17,18);1H/t11-;/m1./s1. The fraction of sp³-hybridized carbons (Fsp3) is 0.533. The van der Waals surface area contributed by atoms with E-state index in [0.29, 0.717) is 5.92 Å². The molecule has 0 unspecified atom stereocenters. The molecule has 1 amide bonds. The van der Waals surface area contributed by atoms with Crippen molar-refractivity contribution in [1.82, 2.24) is 0 Å². The molecule has 1 aliphatic heterocycles. The summed E-state index contributed by atoms with van der Waals surface area (Å²) in [7, 11) is 0. The molecule has 1 saturated heterocycles. The van der Waals surface area contributed by atoms with Crippen LogP contribution in [-0.4, -0.2) is 31.8 Å². The van der Waals surface area contributed by atoms with Crippen LogP contribution in [0.3, 0.4) is 0 Å². The van der Waals surface area contributed by atoms with Crippen molar-refractivity contribution in [2.75, 3.05) is 25.1 Å². The largest absolute Gasteiger partial charge is 0.493 e. The highest BCUT2D eigenvalue weighted by Gasteiger charge is 2.14. The van der Waals surface area contributed by atoms with Crippen molar-refractivity contribution in [3.63, 3.8) is 0 Å². The average Bonchev–Trinajstić information content (AvgIpc) is 2.47. The van der Waals surface area contributed by atoms with Gasteiger partial charge in [0.05, 0.1) is 12.6 Å². The monoisotopic (exact) mass is 314 g/mol. The molecule has 1 aromatic carbocycles. The zero-order chi connectivity index (χ0) is 14.4. The van der Waals surface area contributed by atoms with E-state index in [0.717, 1.165) is 44.1 Å². The van der Waals surface area contributed by atoms with E-state index < -0.39 is 6.04 Å². The Morgan fingerprint density at radius 2 is 2.00 bits per heavy atom. The molecule has 0 aromatic heterocycles. The molecule has 0 aliphatic carbocycles. The zero-order valence-corrected chi connectivity index (χ0v) is 13.0. The third kappa shape index (κ3) is 5.91. The van der Waals surface area contributed by atoms with Gasteiger partial charge in [-0.3, -0.25) is 4.79 Å². The number of hydrogen-bond donors (Lipinski definition) is 2. The van der Waals surface area contributed by atoms with Crippen molar-refractivity contribution in [2.24, 2.45) is 11.7 Å². The summed E-state index contributed by atoms with van der Waals surface area (Å²) in [5.74, 6) is 1.19. The molecule has 0 saturated carbocycles. The maximum Gasteiger partial charge on any atom is 0.240 e. The number of rotatable bonds is 5. The van der Waals surface area contributed by atoms with Gasteiger partial charge in [-0.15, -0.1) is 12.4 Å². The molecule has 21 heavy (non-hydrogen) atoms. The second kappa shape index (κ2) is 8.87. The summed E-state index contributed by atoms with van der Waals surface area (Å²) in [5, 5.41) is 2.74. The molecule has 1 heterocycles. The highest BCUT2D eigenvalue weighted by atomic mass is 35.5. The van der Waals surface area contributed by atoms with Gasteiger partial charge in [-0.25, -0.2) is 0 Å². The predicted molar refractivity (Wildman–Crippen MR) is 85.0 cm³/mol. The topological polar surface area (TPSA) is 73.6 Å². The summed E-state index contributed by atoms with van der Waals surface area (Å²) < 4.78 is 11.1. The Bertz CT molecular complexity index is 431. The second-order valence-electron chi connectivity index (χ2n) is 5.17. The maximum atomic E-state index is 11.5. The molecule has 2 rings (SSSR count). The molecule has 1 fully saturated rings.